The maximum absolute atomic E-state index is 6.14. The fourth-order valence-corrected chi connectivity index (χ4v) is 3.15. The van der Waals surface area contributed by atoms with E-state index in [0.717, 1.165) is 22.3 Å². The fourth-order valence-electron chi connectivity index (χ4n) is 2.98. The molecule has 1 fully saturated rings. The van der Waals surface area contributed by atoms with Gasteiger partial charge in [-0.3, -0.25) is 0 Å². The first-order chi connectivity index (χ1) is 9.74. The second-order valence-electron chi connectivity index (χ2n) is 5.48. The average Bonchev–Trinajstić information content (AvgIpc) is 3.12. The number of anilines is 1. The topological polar surface area (TPSA) is 42.7 Å². The van der Waals surface area contributed by atoms with Crippen molar-refractivity contribution in [3.8, 4) is 5.69 Å². The molecule has 1 heterocycles. The van der Waals surface area contributed by atoms with Gasteiger partial charge in [-0.25, -0.2) is 9.67 Å². The van der Waals surface area contributed by atoms with Crippen LogP contribution in [0.4, 0.5) is 5.69 Å². The first-order valence-corrected chi connectivity index (χ1v) is 7.53. The molecule has 0 saturated heterocycles. The number of nitrogens with one attached hydrogen (secondary N) is 1. The Morgan fingerprint density at radius 3 is 2.85 bits per heavy atom. The molecule has 20 heavy (non-hydrogen) atoms. The summed E-state index contributed by atoms with van der Waals surface area (Å²) in [5.74, 6) is 0.748. The normalized spacial score (nSPS) is 17.3. The van der Waals surface area contributed by atoms with E-state index in [2.05, 4.69) is 22.3 Å². The lowest BCUT2D eigenvalue weighted by atomic mass is 9.99. The molecular weight excluding hydrogens is 272 g/mol. The third kappa shape index (κ3) is 2.80. The van der Waals surface area contributed by atoms with Crippen molar-refractivity contribution in [2.75, 3.05) is 5.32 Å². The largest absolute Gasteiger partial charge is 0.381 e. The van der Waals surface area contributed by atoms with Gasteiger partial charge in [-0.1, -0.05) is 24.4 Å². The van der Waals surface area contributed by atoms with Crippen LogP contribution in [0.25, 0.3) is 5.69 Å². The van der Waals surface area contributed by atoms with Crippen molar-refractivity contribution in [1.82, 2.24) is 14.8 Å². The molecule has 1 aliphatic carbocycles. The molecule has 1 aliphatic rings. The molecule has 5 heteroatoms. The molecule has 1 aromatic carbocycles. The quantitative estimate of drug-likeness (QED) is 0.928. The van der Waals surface area contributed by atoms with Crippen LogP contribution >= 0.6 is 11.6 Å². The highest BCUT2D eigenvalue weighted by Crippen LogP contribution is 2.31. The second-order valence-corrected chi connectivity index (χ2v) is 5.92. The highest BCUT2D eigenvalue weighted by atomic mass is 35.5. The minimum Gasteiger partial charge on any atom is -0.381 e. The molecule has 106 valence electrons. The highest BCUT2D eigenvalue weighted by Gasteiger charge is 2.22. The van der Waals surface area contributed by atoms with Gasteiger partial charge in [0.1, 0.15) is 12.7 Å². The molecule has 0 spiro atoms. The summed E-state index contributed by atoms with van der Waals surface area (Å²) < 4.78 is 1.76. The molecule has 1 unspecified atom stereocenters. The molecule has 0 amide bonds. The number of rotatable bonds is 4. The zero-order valence-corrected chi connectivity index (χ0v) is 12.3. The summed E-state index contributed by atoms with van der Waals surface area (Å²) in [4.78, 5) is 4.01. The lowest BCUT2D eigenvalue weighted by Crippen LogP contribution is -2.24. The summed E-state index contributed by atoms with van der Waals surface area (Å²) in [6.07, 6.45) is 8.57. The van der Waals surface area contributed by atoms with E-state index in [0.29, 0.717) is 6.04 Å². The van der Waals surface area contributed by atoms with Gasteiger partial charge in [-0.2, -0.15) is 5.10 Å². The minimum absolute atomic E-state index is 0.443. The van der Waals surface area contributed by atoms with E-state index in [4.69, 9.17) is 11.6 Å². The lowest BCUT2D eigenvalue weighted by Gasteiger charge is -2.23. The summed E-state index contributed by atoms with van der Waals surface area (Å²) in [5.41, 5.74) is 2.00. The predicted molar refractivity (Wildman–Crippen MR) is 81.4 cm³/mol. The Labute approximate surface area is 124 Å². The van der Waals surface area contributed by atoms with Crippen molar-refractivity contribution in [2.45, 2.75) is 38.6 Å². The van der Waals surface area contributed by atoms with Gasteiger partial charge in [0.25, 0.3) is 0 Å². The number of benzene rings is 1. The van der Waals surface area contributed by atoms with Crippen molar-refractivity contribution < 1.29 is 0 Å². The first-order valence-electron chi connectivity index (χ1n) is 7.15. The standard InChI is InChI=1S/C15H19ClN4/c1-11(12-4-2-3-5-12)19-14-8-13(16)6-7-15(14)20-10-17-9-18-20/h6-12,19H,2-5H2,1H3. The number of nitrogens with zero attached hydrogens (tertiary/aromatic N) is 3. The van der Waals surface area contributed by atoms with Crippen molar-refractivity contribution in [3.63, 3.8) is 0 Å². The van der Waals surface area contributed by atoms with Crippen molar-refractivity contribution in [3.05, 3.63) is 35.9 Å². The van der Waals surface area contributed by atoms with E-state index in [1.54, 1.807) is 17.3 Å². The number of aromatic nitrogens is 3. The summed E-state index contributed by atoms with van der Waals surface area (Å²) in [5, 5.41) is 8.54. The SMILES string of the molecule is CC(Nc1cc(Cl)ccc1-n1cncn1)C1CCCC1. The maximum atomic E-state index is 6.14. The first kappa shape index (κ1) is 13.4. The molecule has 1 aromatic heterocycles. The van der Waals surface area contributed by atoms with E-state index in [1.165, 1.54) is 25.7 Å². The van der Waals surface area contributed by atoms with E-state index >= 15 is 0 Å². The lowest BCUT2D eigenvalue weighted by molar-refractivity contribution is 0.482. The number of halogens is 1. The van der Waals surface area contributed by atoms with E-state index in [1.807, 2.05) is 18.2 Å². The van der Waals surface area contributed by atoms with Crippen LogP contribution in [0.2, 0.25) is 5.02 Å². The number of hydrogen-bond acceptors (Lipinski definition) is 3. The van der Waals surface area contributed by atoms with Crippen LogP contribution in [0, 0.1) is 5.92 Å². The molecule has 0 aliphatic heterocycles. The summed E-state index contributed by atoms with van der Waals surface area (Å²) in [7, 11) is 0. The Hall–Kier alpha value is -1.55. The van der Waals surface area contributed by atoms with Crippen LogP contribution in [0.5, 0.6) is 0 Å². The second kappa shape index (κ2) is 5.83. The molecule has 3 rings (SSSR count). The molecule has 4 nitrogen and oxygen atoms in total. The summed E-state index contributed by atoms with van der Waals surface area (Å²) in [6, 6.07) is 6.26. The van der Waals surface area contributed by atoms with Gasteiger partial charge in [-0.15, -0.1) is 0 Å². The molecule has 1 saturated carbocycles. The fraction of sp³-hybridized carbons (Fsp3) is 0.467. The zero-order valence-electron chi connectivity index (χ0n) is 11.6. The van der Waals surface area contributed by atoms with Crippen molar-refractivity contribution in [1.29, 1.82) is 0 Å². The Balaban J connectivity index is 1.85. The van der Waals surface area contributed by atoms with Crippen LogP contribution in [0.3, 0.4) is 0 Å². The Morgan fingerprint density at radius 1 is 1.35 bits per heavy atom. The van der Waals surface area contributed by atoms with Gasteiger partial charge >= 0.3 is 0 Å². The third-order valence-corrected chi connectivity index (χ3v) is 4.35. The minimum atomic E-state index is 0.443. The molecule has 1 atom stereocenters. The van der Waals surface area contributed by atoms with Gasteiger partial charge in [0, 0.05) is 11.1 Å². The average molecular weight is 291 g/mol. The van der Waals surface area contributed by atoms with Gasteiger partial charge in [0.2, 0.25) is 0 Å². The van der Waals surface area contributed by atoms with E-state index in [-0.39, 0.29) is 0 Å². The Bertz CT molecular complexity index is 561. The monoisotopic (exact) mass is 290 g/mol. The molecule has 1 N–H and O–H groups in total. The highest BCUT2D eigenvalue weighted by molar-refractivity contribution is 6.31. The smallest absolute Gasteiger partial charge is 0.138 e. The maximum Gasteiger partial charge on any atom is 0.138 e. The van der Waals surface area contributed by atoms with Gasteiger partial charge in [-0.05, 0) is 43.9 Å². The van der Waals surface area contributed by atoms with Crippen LogP contribution in [-0.2, 0) is 0 Å². The predicted octanol–water partition coefficient (Wildman–Crippen LogP) is 3.91. The molecule has 0 radical (unpaired) electrons. The molecular formula is C15H19ClN4. The number of hydrogen-bond donors (Lipinski definition) is 1. The molecule has 0 bridgehead atoms. The van der Waals surface area contributed by atoms with E-state index in [9.17, 15) is 0 Å². The third-order valence-electron chi connectivity index (χ3n) is 4.11. The zero-order chi connectivity index (χ0) is 13.9. The van der Waals surface area contributed by atoms with Crippen molar-refractivity contribution in [2.24, 2.45) is 5.92 Å². The van der Waals surface area contributed by atoms with Gasteiger partial charge < -0.3 is 5.32 Å². The van der Waals surface area contributed by atoms with E-state index < -0.39 is 0 Å². The summed E-state index contributed by atoms with van der Waals surface area (Å²) >= 11 is 6.14. The Kier molecular flexibility index (Phi) is 3.92. The van der Waals surface area contributed by atoms with Gasteiger partial charge in [0.15, 0.2) is 0 Å². The van der Waals surface area contributed by atoms with Crippen LogP contribution in [0.1, 0.15) is 32.6 Å². The van der Waals surface area contributed by atoms with Crippen LogP contribution in [0.15, 0.2) is 30.9 Å². The van der Waals surface area contributed by atoms with Gasteiger partial charge in [0.05, 0.1) is 11.4 Å². The van der Waals surface area contributed by atoms with Crippen LogP contribution < -0.4 is 5.32 Å². The Morgan fingerprint density at radius 2 is 2.15 bits per heavy atom. The van der Waals surface area contributed by atoms with Crippen LogP contribution in [-0.4, -0.2) is 20.8 Å². The summed E-state index contributed by atoms with van der Waals surface area (Å²) in [6.45, 7) is 2.25. The molecule has 2 aromatic rings. The van der Waals surface area contributed by atoms with Crippen molar-refractivity contribution >= 4 is 17.3 Å².